The van der Waals surface area contributed by atoms with Crippen molar-refractivity contribution in [2.45, 2.75) is 130 Å². The fraction of sp³-hybridized carbons (Fsp3) is 0.455. The molecule has 340 valence electrons. The van der Waals surface area contributed by atoms with Crippen LogP contribution < -0.4 is 27.2 Å². The average Bonchev–Trinajstić information content (AvgIpc) is 3.27. The quantitative estimate of drug-likeness (QED) is 0.0786. The molecule has 0 unspecified atom stereocenters. The number of benzene rings is 4. The van der Waals surface area contributed by atoms with E-state index in [1.54, 1.807) is 0 Å². The first-order valence-corrected chi connectivity index (χ1v) is 20.3. The van der Waals surface area contributed by atoms with Crippen LogP contribution >= 0.6 is 0 Å². The number of halogens is 16. The fourth-order valence-corrected chi connectivity index (χ4v) is 9.84. The van der Waals surface area contributed by atoms with Crippen molar-refractivity contribution in [3.8, 4) is 0 Å². The molecule has 0 spiro atoms. The van der Waals surface area contributed by atoms with Gasteiger partial charge in [0.1, 0.15) is 29.4 Å². The Hall–Kier alpha value is -4.22. The lowest BCUT2D eigenvalue weighted by atomic mass is 9.12. The second-order valence-corrected chi connectivity index (χ2v) is 16.7. The zero-order valence-corrected chi connectivity index (χ0v) is 34.7. The van der Waals surface area contributed by atoms with Gasteiger partial charge in [-0.3, -0.25) is 0 Å². The van der Waals surface area contributed by atoms with Gasteiger partial charge in [-0.05, 0) is 66.2 Å². The minimum absolute atomic E-state index is 0.243. The van der Waals surface area contributed by atoms with Gasteiger partial charge in [0.15, 0.2) is 46.5 Å². The SMILES string of the molecule is CCC1([NH2+]C2(CC)CCCCC2)CCCCC1.Cc1c(F)c(F)c(F)c([B-](c2c(F)c(C)c(F)c(F)c2F)(c2c(F)c(C)c(F)c(F)c2F)c2c(F)c(C)c(F)c(F)c2F)c1F. The van der Waals surface area contributed by atoms with E-state index in [9.17, 15) is 35.1 Å². The van der Waals surface area contributed by atoms with Gasteiger partial charge in [-0.1, -0.05) is 26.7 Å². The minimum atomic E-state index is -6.26. The summed E-state index contributed by atoms with van der Waals surface area (Å²) in [7, 11) is 0. The highest BCUT2D eigenvalue weighted by Crippen LogP contribution is 2.34. The topological polar surface area (TPSA) is 16.6 Å². The Bertz CT molecular complexity index is 1980. The molecule has 0 aliphatic heterocycles. The molecule has 0 radical (unpaired) electrons. The van der Waals surface area contributed by atoms with E-state index in [1.807, 2.05) is 0 Å². The summed E-state index contributed by atoms with van der Waals surface area (Å²) in [4.78, 5) is 0. The summed E-state index contributed by atoms with van der Waals surface area (Å²) >= 11 is 0. The van der Waals surface area contributed by atoms with Crippen LogP contribution in [0.4, 0.5) is 70.2 Å². The van der Waals surface area contributed by atoms with Gasteiger partial charge in [0.25, 0.3) is 0 Å². The molecule has 2 aliphatic rings. The lowest BCUT2D eigenvalue weighted by molar-refractivity contribution is -0.796. The first-order valence-electron chi connectivity index (χ1n) is 20.3. The highest BCUT2D eigenvalue weighted by Gasteiger charge is 2.51. The molecule has 62 heavy (non-hydrogen) atoms. The smallest absolute Gasteiger partial charge is 0.191 e. The van der Waals surface area contributed by atoms with Crippen molar-refractivity contribution in [2.75, 3.05) is 0 Å². The van der Waals surface area contributed by atoms with Gasteiger partial charge in [-0.25, -0.2) is 70.2 Å². The summed E-state index contributed by atoms with van der Waals surface area (Å²) < 4.78 is 245. The maximum Gasteiger partial charge on any atom is 0.191 e. The summed E-state index contributed by atoms with van der Waals surface area (Å²) in [5, 5.41) is 2.87. The first kappa shape index (κ1) is 48.8. The Morgan fingerprint density at radius 3 is 0.726 bits per heavy atom. The van der Waals surface area contributed by atoms with Crippen LogP contribution in [0.3, 0.4) is 0 Å². The van der Waals surface area contributed by atoms with Crippen molar-refractivity contribution in [1.82, 2.24) is 0 Å². The Morgan fingerprint density at radius 1 is 0.323 bits per heavy atom. The Balaban J connectivity index is 0.000000355. The number of quaternary nitrogens is 1. The van der Waals surface area contributed by atoms with Gasteiger partial charge in [-0.2, -0.15) is 0 Å². The van der Waals surface area contributed by atoms with Gasteiger partial charge in [-0.15, -0.1) is 21.9 Å². The highest BCUT2D eigenvalue weighted by molar-refractivity contribution is 7.20. The molecule has 0 aromatic heterocycles. The zero-order valence-electron chi connectivity index (χ0n) is 34.7. The van der Waals surface area contributed by atoms with Gasteiger partial charge in [0, 0.05) is 47.9 Å². The number of rotatable bonds is 8. The minimum Gasteiger partial charge on any atom is -0.337 e. The van der Waals surface area contributed by atoms with Crippen LogP contribution in [0.15, 0.2) is 0 Å². The molecule has 0 atom stereocenters. The van der Waals surface area contributed by atoms with Gasteiger partial charge in [0.2, 0.25) is 0 Å². The van der Waals surface area contributed by atoms with E-state index in [0.29, 0.717) is 11.1 Å². The summed E-state index contributed by atoms with van der Waals surface area (Å²) in [6.45, 7) is 5.82. The molecule has 0 saturated heterocycles. The van der Waals surface area contributed by atoms with Gasteiger partial charge >= 0.3 is 0 Å². The molecule has 4 aromatic carbocycles. The summed E-state index contributed by atoms with van der Waals surface area (Å²) in [6.07, 6.45) is 11.3. The average molecular weight is 902 g/mol. The van der Waals surface area contributed by atoms with E-state index in [0.717, 1.165) is 0 Å². The van der Waals surface area contributed by atoms with Crippen LogP contribution in [0.25, 0.3) is 0 Å². The van der Waals surface area contributed by atoms with Crippen LogP contribution in [0.2, 0.25) is 0 Å². The van der Waals surface area contributed by atoms with Crippen LogP contribution in [0.5, 0.6) is 0 Å². The largest absolute Gasteiger partial charge is 0.337 e. The summed E-state index contributed by atoms with van der Waals surface area (Å²) in [6, 6.07) is 0. The Kier molecular flexibility index (Phi) is 14.3. The Morgan fingerprint density at radius 2 is 0.532 bits per heavy atom. The van der Waals surface area contributed by atoms with Crippen LogP contribution in [0, 0.1) is 121 Å². The molecule has 2 saturated carbocycles. The lowest BCUT2D eigenvalue weighted by Crippen LogP contribution is -3.06. The molecule has 0 amide bonds. The zero-order chi connectivity index (χ0) is 46.5. The van der Waals surface area contributed by atoms with E-state index in [-0.39, 0.29) is 27.7 Å². The van der Waals surface area contributed by atoms with Crippen LogP contribution in [-0.2, 0) is 0 Å². The summed E-state index contributed by atoms with van der Waals surface area (Å²) in [5.74, 6) is -44.5. The van der Waals surface area contributed by atoms with Crippen LogP contribution in [0.1, 0.15) is 113 Å². The standard InChI is InChI=1S/C28H12BF16.C16H31N/c1-5-13(30)9(21(38)25(42)17(5)34)29(10-14(31)6(2)18(35)26(43)22(10)39,11-15(32)7(3)19(36)27(44)23(11)40)12-16(33)8(4)20(37)28(45)24(12)41;1-3-15(11-7-5-8-12-15)17-16(4-2)13-9-6-10-14-16/h1-4H3;17H,3-14H2,1-2H3/q-1;/p+1. The van der Waals surface area contributed by atoms with E-state index in [1.165, 1.54) is 77.0 Å². The van der Waals surface area contributed by atoms with Crippen molar-refractivity contribution in [1.29, 1.82) is 0 Å². The van der Waals surface area contributed by atoms with Gasteiger partial charge in [0.05, 0.1) is 34.3 Å². The summed E-state index contributed by atoms with van der Waals surface area (Å²) in [5.41, 5.74) is -16.6. The monoisotopic (exact) mass is 901 g/mol. The molecule has 4 aromatic rings. The maximum atomic E-state index is 16.0. The second-order valence-electron chi connectivity index (χ2n) is 16.7. The molecule has 0 bridgehead atoms. The van der Waals surface area contributed by atoms with E-state index >= 15 is 35.1 Å². The molecular weight excluding hydrogens is 857 g/mol. The number of hydrogen-bond donors (Lipinski definition) is 1. The molecule has 2 fully saturated rings. The number of nitrogens with two attached hydrogens (primary N) is 1. The highest BCUT2D eigenvalue weighted by atomic mass is 19.2. The van der Waals surface area contributed by atoms with E-state index in [4.69, 9.17) is 0 Å². The normalized spacial score (nSPS) is 16.4. The van der Waals surface area contributed by atoms with Gasteiger partial charge < -0.3 is 5.32 Å². The predicted molar refractivity (Wildman–Crippen MR) is 202 cm³/mol. The van der Waals surface area contributed by atoms with Crippen molar-refractivity contribution < 1.29 is 75.6 Å². The van der Waals surface area contributed by atoms with Crippen molar-refractivity contribution >= 4 is 28.0 Å². The lowest BCUT2D eigenvalue weighted by Gasteiger charge is -2.45. The number of hydrogen-bond acceptors (Lipinski definition) is 0. The van der Waals surface area contributed by atoms with Crippen molar-refractivity contribution in [3.63, 3.8) is 0 Å². The fourth-order valence-electron chi connectivity index (χ4n) is 9.84. The molecule has 1 nitrogen and oxygen atoms in total. The molecule has 2 N–H and O–H groups in total. The van der Waals surface area contributed by atoms with Crippen LogP contribution in [-0.4, -0.2) is 17.2 Å². The molecular formula is C44H44BF16N. The second kappa shape index (κ2) is 18.1. The molecule has 2 aliphatic carbocycles. The first-order chi connectivity index (χ1) is 28.9. The third kappa shape index (κ3) is 7.67. The third-order valence-electron chi connectivity index (χ3n) is 13.5. The Labute approximate surface area is 348 Å². The van der Waals surface area contributed by atoms with E-state index < -0.39 is 143 Å². The van der Waals surface area contributed by atoms with Crippen molar-refractivity contribution in [3.05, 3.63) is 115 Å². The molecule has 18 heteroatoms. The maximum absolute atomic E-state index is 16.0. The predicted octanol–water partition coefficient (Wildman–Crippen LogP) is 10.3. The van der Waals surface area contributed by atoms with Crippen molar-refractivity contribution in [2.24, 2.45) is 0 Å². The molecule has 0 heterocycles. The third-order valence-corrected chi connectivity index (χ3v) is 13.5. The molecule has 6 rings (SSSR count). The van der Waals surface area contributed by atoms with E-state index in [2.05, 4.69) is 19.2 Å².